The maximum absolute atomic E-state index is 5.85. The molecule has 0 aliphatic rings. The molecule has 0 aliphatic heterocycles. The third-order valence-electron chi connectivity index (χ3n) is 2.38. The van der Waals surface area contributed by atoms with Gasteiger partial charge in [0.2, 0.25) is 5.71 Å². The first-order valence-electron chi connectivity index (χ1n) is 4.48. The maximum atomic E-state index is 5.85. The van der Waals surface area contributed by atoms with E-state index >= 15 is 0 Å². The van der Waals surface area contributed by atoms with E-state index in [9.17, 15) is 0 Å². The van der Waals surface area contributed by atoms with Crippen molar-refractivity contribution in [3.8, 4) is 0 Å². The fourth-order valence-electron chi connectivity index (χ4n) is 1.69. The predicted molar refractivity (Wildman–Crippen MR) is 63.6 cm³/mol. The van der Waals surface area contributed by atoms with Crippen LogP contribution in [0.1, 0.15) is 0 Å². The summed E-state index contributed by atoms with van der Waals surface area (Å²) >= 11 is 3.49. The molecule has 1 aromatic carbocycles. The number of nitrogen functional groups attached to an aromatic ring is 1. The zero-order valence-corrected chi connectivity index (χ0v) is 9.28. The summed E-state index contributed by atoms with van der Waals surface area (Å²) in [5.41, 5.74) is 7.79. The molecular weight excluding hydrogens is 256 g/mol. The van der Waals surface area contributed by atoms with E-state index in [-0.39, 0.29) is 0 Å². The molecule has 0 atom stereocenters. The Hall–Kier alpha value is -1.55. The highest BCUT2D eigenvalue weighted by Gasteiger charge is 2.12. The van der Waals surface area contributed by atoms with Gasteiger partial charge in [-0.25, -0.2) is 4.98 Å². The Kier molecular flexibility index (Phi) is 1.73. The van der Waals surface area contributed by atoms with E-state index in [1.807, 2.05) is 24.3 Å². The first-order chi connectivity index (χ1) is 7.27. The molecule has 0 saturated carbocycles. The topological polar surface area (TPSA) is 52.0 Å². The molecule has 0 amide bonds. The molecule has 0 aliphatic carbocycles. The Morgan fingerprint density at radius 3 is 3.00 bits per heavy atom. The van der Waals surface area contributed by atoms with Crippen LogP contribution in [0.3, 0.4) is 0 Å². The number of furan rings is 1. The number of rotatable bonds is 0. The summed E-state index contributed by atoms with van der Waals surface area (Å²) in [5, 5.41) is 1.96. The quantitative estimate of drug-likeness (QED) is 0.633. The van der Waals surface area contributed by atoms with Gasteiger partial charge in [-0.2, -0.15) is 0 Å². The Labute approximate surface area is 94.0 Å². The molecule has 0 spiro atoms. The summed E-state index contributed by atoms with van der Waals surface area (Å²) in [6.45, 7) is 0. The van der Waals surface area contributed by atoms with Crippen molar-refractivity contribution < 1.29 is 4.42 Å². The predicted octanol–water partition coefficient (Wildman–Crippen LogP) is 3.33. The van der Waals surface area contributed by atoms with Gasteiger partial charge in [-0.3, -0.25) is 0 Å². The maximum Gasteiger partial charge on any atom is 0.227 e. The summed E-state index contributed by atoms with van der Waals surface area (Å²) < 4.78 is 6.57. The zero-order chi connectivity index (χ0) is 10.4. The molecule has 4 heteroatoms. The number of benzene rings is 1. The van der Waals surface area contributed by atoms with Crippen molar-refractivity contribution >= 4 is 43.7 Å². The van der Waals surface area contributed by atoms with Crippen molar-refractivity contribution in [1.29, 1.82) is 0 Å². The number of anilines is 1. The van der Waals surface area contributed by atoms with Gasteiger partial charge in [0.25, 0.3) is 0 Å². The molecule has 2 aromatic heterocycles. The molecule has 15 heavy (non-hydrogen) atoms. The Balaban J connectivity index is 2.66. The minimum atomic E-state index is 0.617. The minimum absolute atomic E-state index is 0.617. The van der Waals surface area contributed by atoms with Gasteiger partial charge in [0.15, 0.2) is 5.58 Å². The van der Waals surface area contributed by atoms with Crippen molar-refractivity contribution in [2.45, 2.75) is 0 Å². The number of fused-ring (bicyclic) bond motifs is 3. The molecule has 0 fully saturated rings. The van der Waals surface area contributed by atoms with Crippen molar-refractivity contribution in [2.24, 2.45) is 0 Å². The Bertz CT molecular complexity index is 660. The highest BCUT2D eigenvalue weighted by atomic mass is 79.9. The molecule has 0 unspecified atom stereocenters. The Morgan fingerprint density at radius 1 is 1.27 bits per heavy atom. The van der Waals surface area contributed by atoms with Crippen LogP contribution in [0.2, 0.25) is 0 Å². The first kappa shape index (κ1) is 8.73. The van der Waals surface area contributed by atoms with Crippen LogP contribution >= 0.6 is 15.9 Å². The molecule has 3 aromatic rings. The molecular formula is C11H7BrN2O. The third-order valence-corrected chi connectivity index (χ3v) is 3.04. The molecule has 3 rings (SSSR count). The summed E-state index contributed by atoms with van der Waals surface area (Å²) in [5.74, 6) is 0. The van der Waals surface area contributed by atoms with Crippen LogP contribution < -0.4 is 5.73 Å². The lowest BCUT2D eigenvalue weighted by molar-refractivity contribution is 0.655. The summed E-state index contributed by atoms with van der Waals surface area (Å²) in [6.07, 6.45) is 1.70. The lowest BCUT2D eigenvalue weighted by Crippen LogP contribution is -1.84. The van der Waals surface area contributed by atoms with E-state index in [0.29, 0.717) is 17.0 Å². The Morgan fingerprint density at radius 2 is 2.13 bits per heavy atom. The first-order valence-corrected chi connectivity index (χ1v) is 5.28. The van der Waals surface area contributed by atoms with Crippen LogP contribution in [0.5, 0.6) is 0 Å². The van der Waals surface area contributed by atoms with E-state index in [0.717, 1.165) is 15.2 Å². The zero-order valence-electron chi connectivity index (χ0n) is 7.70. The van der Waals surface area contributed by atoms with Crippen LogP contribution in [0.25, 0.3) is 22.1 Å². The van der Waals surface area contributed by atoms with Gasteiger partial charge in [0.1, 0.15) is 0 Å². The normalized spacial score (nSPS) is 11.3. The van der Waals surface area contributed by atoms with Crippen LogP contribution in [-0.2, 0) is 0 Å². The van der Waals surface area contributed by atoms with E-state index in [2.05, 4.69) is 20.9 Å². The van der Waals surface area contributed by atoms with Gasteiger partial charge < -0.3 is 10.2 Å². The molecule has 2 N–H and O–H groups in total. The van der Waals surface area contributed by atoms with E-state index < -0.39 is 0 Å². The van der Waals surface area contributed by atoms with Gasteiger partial charge in [-0.15, -0.1) is 0 Å². The second-order valence-electron chi connectivity index (χ2n) is 3.30. The summed E-state index contributed by atoms with van der Waals surface area (Å²) in [4.78, 5) is 4.16. The van der Waals surface area contributed by atoms with Crippen molar-refractivity contribution in [3.05, 3.63) is 34.9 Å². The average molecular weight is 263 g/mol. The second-order valence-corrected chi connectivity index (χ2v) is 4.15. The fraction of sp³-hybridized carbons (Fsp3) is 0. The third kappa shape index (κ3) is 1.15. The number of halogens is 1. The standard InChI is InChI=1S/C11H7BrN2O/c12-7-3-4-8(13)10-9(7)6-2-1-5-14-11(6)15-10/h1-5H,13H2. The highest BCUT2D eigenvalue weighted by Crippen LogP contribution is 2.35. The van der Waals surface area contributed by atoms with Crippen LogP contribution in [-0.4, -0.2) is 4.98 Å². The monoisotopic (exact) mass is 262 g/mol. The lowest BCUT2D eigenvalue weighted by atomic mass is 10.2. The minimum Gasteiger partial charge on any atom is -0.435 e. The number of hydrogen-bond acceptors (Lipinski definition) is 3. The van der Waals surface area contributed by atoms with E-state index in [1.165, 1.54) is 0 Å². The summed E-state index contributed by atoms with van der Waals surface area (Å²) in [6, 6.07) is 7.58. The molecule has 0 radical (unpaired) electrons. The van der Waals surface area contributed by atoms with Crippen LogP contribution in [0.4, 0.5) is 5.69 Å². The van der Waals surface area contributed by atoms with Gasteiger partial charge >= 0.3 is 0 Å². The van der Waals surface area contributed by atoms with Gasteiger partial charge in [0.05, 0.1) is 5.69 Å². The number of pyridine rings is 1. The van der Waals surface area contributed by atoms with E-state index in [4.69, 9.17) is 10.2 Å². The van der Waals surface area contributed by atoms with Crippen LogP contribution in [0.15, 0.2) is 39.4 Å². The smallest absolute Gasteiger partial charge is 0.227 e. The van der Waals surface area contributed by atoms with Crippen molar-refractivity contribution in [1.82, 2.24) is 4.98 Å². The van der Waals surface area contributed by atoms with Crippen molar-refractivity contribution in [3.63, 3.8) is 0 Å². The summed E-state index contributed by atoms with van der Waals surface area (Å²) in [7, 11) is 0. The van der Waals surface area contributed by atoms with Crippen molar-refractivity contribution in [2.75, 3.05) is 5.73 Å². The SMILES string of the molecule is Nc1ccc(Br)c2c1oc1ncccc12. The molecule has 74 valence electrons. The van der Waals surface area contributed by atoms with Gasteiger partial charge in [-0.1, -0.05) is 15.9 Å². The number of aromatic nitrogens is 1. The fourth-order valence-corrected chi connectivity index (χ4v) is 2.22. The number of nitrogens with zero attached hydrogens (tertiary/aromatic N) is 1. The second kappa shape index (κ2) is 2.97. The molecule has 0 saturated heterocycles. The molecule has 3 nitrogen and oxygen atoms in total. The van der Waals surface area contributed by atoms with Crippen LogP contribution in [0, 0.1) is 0 Å². The largest absolute Gasteiger partial charge is 0.435 e. The highest BCUT2D eigenvalue weighted by molar-refractivity contribution is 9.10. The lowest BCUT2D eigenvalue weighted by Gasteiger charge is -1.96. The number of hydrogen-bond donors (Lipinski definition) is 1. The van der Waals surface area contributed by atoms with Gasteiger partial charge in [0, 0.05) is 21.4 Å². The molecule has 2 heterocycles. The average Bonchev–Trinajstić information content (AvgIpc) is 2.64. The number of nitrogens with two attached hydrogens (primary N) is 1. The van der Waals surface area contributed by atoms with E-state index in [1.54, 1.807) is 6.20 Å². The van der Waals surface area contributed by atoms with Gasteiger partial charge in [-0.05, 0) is 24.3 Å². The molecule has 0 bridgehead atoms.